The van der Waals surface area contributed by atoms with Crippen LogP contribution >= 0.6 is 0 Å². The van der Waals surface area contributed by atoms with Crippen LogP contribution in [0, 0.1) is 5.92 Å². The predicted molar refractivity (Wildman–Crippen MR) is 158 cm³/mol. The monoisotopic (exact) mass is 526 g/mol. The van der Waals surface area contributed by atoms with Gasteiger partial charge in [-0.05, 0) is 99.4 Å². The Bertz CT molecular complexity index is 1280. The Labute approximate surface area is 232 Å². The van der Waals surface area contributed by atoms with Gasteiger partial charge >= 0.3 is 0 Å². The summed E-state index contributed by atoms with van der Waals surface area (Å²) in [4.78, 5) is 17.8. The Morgan fingerprint density at radius 3 is 2.28 bits per heavy atom. The van der Waals surface area contributed by atoms with Gasteiger partial charge in [0.25, 0.3) is 0 Å². The molecule has 2 saturated heterocycles. The molecule has 6 heteroatoms. The van der Waals surface area contributed by atoms with Crippen molar-refractivity contribution in [1.82, 2.24) is 20.4 Å². The van der Waals surface area contributed by atoms with Crippen LogP contribution < -0.4 is 10.6 Å². The molecule has 1 unspecified atom stereocenters. The zero-order chi connectivity index (χ0) is 26.6. The van der Waals surface area contributed by atoms with E-state index in [0.29, 0.717) is 0 Å². The Morgan fingerprint density at radius 2 is 1.59 bits per heavy atom. The Hall–Kier alpha value is -3.09. The predicted octanol–water partition coefficient (Wildman–Crippen LogP) is 5.55. The number of nitrogens with zero attached hydrogens (tertiary/aromatic N) is 2. The molecule has 3 aromatic carbocycles. The number of allylic oxidation sites excluding steroid dienone is 1. The van der Waals surface area contributed by atoms with E-state index in [2.05, 4.69) is 82.0 Å². The quantitative estimate of drug-likeness (QED) is 0.298. The van der Waals surface area contributed by atoms with Gasteiger partial charge in [-0.15, -0.1) is 0 Å². The fourth-order valence-corrected chi connectivity index (χ4v) is 6.58. The van der Waals surface area contributed by atoms with Gasteiger partial charge in [-0.25, -0.2) is 0 Å². The van der Waals surface area contributed by atoms with Crippen LogP contribution in [0.5, 0.6) is 0 Å². The van der Waals surface area contributed by atoms with Crippen molar-refractivity contribution in [1.29, 1.82) is 0 Å². The number of hydrogen-bond acceptors (Lipinski definition) is 5. The first-order valence-electron chi connectivity index (χ1n) is 14.9. The van der Waals surface area contributed by atoms with Crippen LogP contribution in [0.4, 0.5) is 0 Å². The second-order valence-corrected chi connectivity index (χ2v) is 11.5. The zero-order valence-electron chi connectivity index (χ0n) is 23.3. The highest BCUT2D eigenvalue weighted by Gasteiger charge is 2.30. The lowest BCUT2D eigenvalue weighted by Gasteiger charge is -2.31. The average molecular weight is 527 g/mol. The van der Waals surface area contributed by atoms with Gasteiger partial charge in [0.15, 0.2) is 6.23 Å². The first kappa shape index (κ1) is 26.1. The van der Waals surface area contributed by atoms with E-state index in [9.17, 15) is 4.79 Å². The molecule has 3 heterocycles. The third-order valence-corrected chi connectivity index (χ3v) is 8.84. The highest BCUT2D eigenvalue weighted by molar-refractivity contribution is 6.02. The standard InChI is InChI=1S/C33H42N4O2/c1-24-30(23-37-20-14-25(15-21-37)32(38)34-16-9-19-36-17-7-2-8-18-36)35-33(39-24)31-28-12-5-3-10-26(28)22-27-11-4-6-13-29(27)31/h3-6,10-13,22,25,33,35H,2,7-9,14-21,23H2,1H3,(H,34,38). The van der Waals surface area contributed by atoms with Crippen molar-refractivity contribution < 1.29 is 9.53 Å². The first-order chi connectivity index (χ1) is 19.2. The van der Waals surface area contributed by atoms with Crippen molar-refractivity contribution in [3.05, 3.63) is 71.6 Å². The minimum Gasteiger partial charge on any atom is -0.469 e. The molecule has 6 nitrogen and oxygen atoms in total. The van der Waals surface area contributed by atoms with Crippen molar-refractivity contribution >= 4 is 27.5 Å². The molecule has 2 N–H and O–H groups in total. The average Bonchev–Trinajstić information content (AvgIpc) is 3.33. The first-order valence-corrected chi connectivity index (χ1v) is 14.9. The van der Waals surface area contributed by atoms with Crippen molar-refractivity contribution in [3.63, 3.8) is 0 Å². The summed E-state index contributed by atoms with van der Waals surface area (Å²) in [6, 6.07) is 19.4. The third kappa shape index (κ3) is 5.92. The molecule has 3 aromatic rings. The topological polar surface area (TPSA) is 56.8 Å². The summed E-state index contributed by atoms with van der Waals surface area (Å²) >= 11 is 0. The van der Waals surface area contributed by atoms with Crippen LogP contribution in [0.3, 0.4) is 0 Å². The maximum absolute atomic E-state index is 12.8. The summed E-state index contributed by atoms with van der Waals surface area (Å²) in [5.74, 6) is 1.34. The van der Waals surface area contributed by atoms with Gasteiger partial charge in [-0.1, -0.05) is 55.0 Å². The summed E-state index contributed by atoms with van der Waals surface area (Å²) in [5.41, 5.74) is 2.35. The number of benzene rings is 3. The van der Waals surface area contributed by atoms with Crippen LogP contribution in [0.1, 0.15) is 57.2 Å². The lowest BCUT2D eigenvalue weighted by atomic mass is 9.95. The molecule has 2 fully saturated rings. The van der Waals surface area contributed by atoms with Crippen molar-refractivity contribution in [3.8, 4) is 0 Å². The molecule has 0 bridgehead atoms. The van der Waals surface area contributed by atoms with Crippen LogP contribution in [0.2, 0.25) is 0 Å². The van der Waals surface area contributed by atoms with Crippen LogP contribution in [0.15, 0.2) is 66.1 Å². The Balaban J connectivity index is 1.02. The number of hydrogen-bond donors (Lipinski definition) is 2. The molecule has 0 radical (unpaired) electrons. The van der Waals surface area contributed by atoms with E-state index >= 15 is 0 Å². The van der Waals surface area contributed by atoms with E-state index in [1.807, 2.05) is 0 Å². The van der Waals surface area contributed by atoms with E-state index in [1.54, 1.807) is 0 Å². The summed E-state index contributed by atoms with van der Waals surface area (Å²) in [6.45, 7) is 9.13. The Kier molecular flexibility index (Phi) is 8.03. The van der Waals surface area contributed by atoms with Gasteiger partial charge in [0.1, 0.15) is 5.76 Å². The van der Waals surface area contributed by atoms with Gasteiger partial charge in [0.2, 0.25) is 5.91 Å². The van der Waals surface area contributed by atoms with Gasteiger partial charge in [0, 0.05) is 24.6 Å². The lowest BCUT2D eigenvalue weighted by molar-refractivity contribution is -0.126. The van der Waals surface area contributed by atoms with E-state index in [-0.39, 0.29) is 18.1 Å². The molecule has 3 aliphatic heterocycles. The number of ether oxygens (including phenoxy) is 1. The molecule has 6 rings (SSSR count). The second kappa shape index (κ2) is 12.0. The van der Waals surface area contributed by atoms with E-state index in [4.69, 9.17) is 4.74 Å². The number of likely N-dealkylation sites (tertiary alicyclic amines) is 2. The lowest BCUT2D eigenvalue weighted by Crippen LogP contribution is -2.42. The molecule has 0 aliphatic carbocycles. The van der Waals surface area contributed by atoms with E-state index in [0.717, 1.165) is 63.4 Å². The molecule has 3 aliphatic rings. The summed E-state index contributed by atoms with van der Waals surface area (Å²) in [5, 5.41) is 11.8. The molecular weight excluding hydrogens is 484 g/mol. The van der Waals surface area contributed by atoms with Crippen molar-refractivity contribution in [2.24, 2.45) is 5.92 Å². The van der Waals surface area contributed by atoms with Crippen LogP contribution in [-0.4, -0.2) is 61.5 Å². The fourth-order valence-electron chi connectivity index (χ4n) is 6.58. The summed E-state index contributed by atoms with van der Waals surface area (Å²) in [6.07, 6.45) is 6.70. The van der Waals surface area contributed by atoms with Crippen molar-refractivity contribution in [2.45, 2.75) is 51.7 Å². The fraction of sp³-hybridized carbons (Fsp3) is 0.485. The minimum atomic E-state index is -0.204. The van der Waals surface area contributed by atoms with Crippen molar-refractivity contribution in [2.75, 3.05) is 45.8 Å². The summed E-state index contributed by atoms with van der Waals surface area (Å²) in [7, 11) is 0. The number of nitrogens with one attached hydrogen (secondary N) is 2. The number of rotatable bonds is 8. The summed E-state index contributed by atoms with van der Waals surface area (Å²) < 4.78 is 6.45. The Morgan fingerprint density at radius 1 is 0.923 bits per heavy atom. The number of carbonyl (C=O) groups excluding carboxylic acids is 1. The normalized spacial score (nSPS) is 21.3. The number of carbonyl (C=O) groups is 1. The second-order valence-electron chi connectivity index (χ2n) is 11.5. The maximum atomic E-state index is 12.8. The SMILES string of the molecule is CC1=C(CN2CCC(C(=O)NCCCN3CCCCC3)CC2)NC(c2c3ccccc3cc3ccccc23)O1. The minimum absolute atomic E-state index is 0.133. The van der Waals surface area contributed by atoms with Crippen LogP contribution in [-0.2, 0) is 9.53 Å². The molecule has 206 valence electrons. The van der Waals surface area contributed by atoms with Crippen LogP contribution in [0.25, 0.3) is 21.5 Å². The van der Waals surface area contributed by atoms with Gasteiger partial charge in [0.05, 0.1) is 5.70 Å². The molecule has 0 aromatic heterocycles. The number of fused-ring (bicyclic) bond motifs is 2. The molecule has 1 atom stereocenters. The molecule has 1 amide bonds. The van der Waals surface area contributed by atoms with E-state index in [1.165, 1.54) is 59.5 Å². The highest BCUT2D eigenvalue weighted by atomic mass is 16.5. The molecule has 39 heavy (non-hydrogen) atoms. The van der Waals surface area contributed by atoms with Gasteiger partial charge in [-0.3, -0.25) is 9.69 Å². The van der Waals surface area contributed by atoms with Gasteiger partial charge < -0.3 is 20.3 Å². The largest absolute Gasteiger partial charge is 0.469 e. The third-order valence-electron chi connectivity index (χ3n) is 8.84. The number of piperidine rings is 2. The zero-order valence-corrected chi connectivity index (χ0v) is 23.3. The number of amides is 1. The maximum Gasteiger partial charge on any atom is 0.223 e. The highest BCUT2D eigenvalue weighted by Crippen LogP contribution is 2.37. The van der Waals surface area contributed by atoms with E-state index < -0.39 is 0 Å². The molecule has 0 saturated carbocycles. The smallest absolute Gasteiger partial charge is 0.223 e. The van der Waals surface area contributed by atoms with Gasteiger partial charge in [-0.2, -0.15) is 0 Å². The molecule has 0 spiro atoms. The molecular formula is C33H42N4O2.